The van der Waals surface area contributed by atoms with Crippen molar-refractivity contribution in [3.8, 4) is 0 Å². The molecule has 0 N–H and O–H groups in total. The van der Waals surface area contributed by atoms with Crippen LogP contribution >= 0.6 is 0 Å². The number of esters is 2. The maximum Gasteiger partial charge on any atom is 0.338 e. The van der Waals surface area contributed by atoms with Crippen molar-refractivity contribution < 1.29 is 19.1 Å². The number of ether oxygens (including phenoxy) is 2. The summed E-state index contributed by atoms with van der Waals surface area (Å²) in [4.78, 5) is 28.0. The van der Waals surface area contributed by atoms with Crippen LogP contribution in [0.5, 0.6) is 0 Å². The lowest BCUT2D eigenvalue weighted by Crippen LogP contribution is -2.20. The van der Waals surface area contributed by atoms with Crippen LogP contribution < -0.4 is 0 Å². The summed E-state index contributed by atoms with van der Waals surface area (Å²) in [6.07, 6.45) is 2.83. The fourth-order valence-corrected chi connectivity index (χ4v) is 2.92. The third-order valence-corrected chi connectivity index (χ3v) is 4.85. The Kier molecular flexibility index (Phi) is 10.2. The van der Waals surface area contributed by atoms with E-state index in [0.717, 1.165) is 19.3 Å². The molecule has 0 heterocycles. The molecule has 2 aromatic carbocycles. The first-order valence-electron chi connectivity index (χ1n) is 10.7. The zero-order valence-corrected chi connectivity index (χ0v) is 19.1. The summed E-state index contributed by atoms with van der Waals surface area (Å²) in [5.74, 6) is -0.567. The maximum absolute atomic E-state index is 12.0. The second kappa shape index (κ2) is 12.9. The molecule has 31 heavy (non-hydrogen) atoms. The summed E-state index contributed by atoms with van der Waals surface area (Å²) in [5, 5.41) is 0. The first kappa shape index (κ1) is 24.6. The van der Waals surface area contributed by atoms with Crippen molar-refractivity contribution >= 4 is 11.9 Å². The van der Waals surface area contributed by atoms with Crippen molar-refractivity contribution in [2.45, 2.75) is 19.3 Å². The minimum absolute atomic E-state index is 0.284. The third-order valence-electron chi connectivity index (χ3n) is 4.85. The first-order valence-corrected chi connectivity index (χ1v) is 10.7. The van der Waals surface area contributed by atoms with Crippen LogP contribution in [-0.4, -0.2) is 76.2 Å². The quantitative estimate of drug-likeness (QED) is 0.486. The third kappa shape index (κ3) is 9.32. The van der Waals surface area contributed by atoms with Gasteiger partial charge in [-0.3, -0.25) is 0 Å². The number of carbonyl (C=O) groups is 2. The normalized spacial score (nSPS) is 11.0. The number of benzene rings is 2. The fraction of sp³-hybridized carbons (Fsp3) is 0.440. The molecule has 0 aromatic heterocycles. The average Bonchev–Trinajstić information content (AvgIpc) is 2.74. The Bertz CT molecular complexity index is 745. The molecule has 0 saturated heterocycles. The molecule has 0 atom stereocenters. The van der Waals surface area contributed by atoms with Crippen LogP contribution in [0.25, 0.3) is 0 Å². The Hall–Kier alpha value is -2.70. The Balaban J connectivity index is 1.74. The minimum Gasteiger partial charge on any atom is -0.461 e. The number of aryl methyl sites for hydroxylation is 2. The van der Waals surface area contributed by atoms with E-state index >= 15 is 0 Å². The molecule has 0 radical (unpaired) electrons. The average molecular weight is 427 g/mol. The van der Waals surface area contributed by atoms with Gasteiger partial charge in [0.2, 0.25) is 0 Å². The fourth-order valence-electron chi connectivity index (χ4n) is 2.92. The molecule has 0 saturated carbocycles. The molecule has 0 unspecified atom stereocenters. The second-order valence-electron chi connectivity index (χ2n) is 8.13. The Labute approximate surface area is 185 Å². The van der Waals surface area contributed by atoms with E-state index in [1.165, 1.54) is 11.1 Å². The smallest absolute Gasteiger partial charge is 0.338 e. The molecule has 6 nitrogen and oxygen atoms in total. The molecule has 0 aliphatic carbocycles. The van der Waals surface area contributed by atoms with Crippen LogP contribution in [0.1, 0.15) is 38.3 Å². The zero-order valence-electron chi connectivity index (χ0n) is 19.1. The zero-order chi connectivity index (χ0) is 22.6. The standard InChI is InChI=1S/C25H34N2O4/c1-26(2)16-18-30-24(28)22-12-8-20(9-13-22)6-5-7-21-10-14-23(15-11-21)25(29)31-19-17-27(3)4/h8-15H,5-7,16-19H2,1-4H3. The van der Waals surface area contributed by atoms with Crippen LogP contribution in [0, 0.1) is 0 Å². The number of hydrogen-bond acceptors (Lipinski definition) is 6. The summed E-state index contributed by atoms with van der Waals surface area (Å²) in [5.41, 5.74) is 3.53. The number of carbonyl (C=O) groups excluding carboxylic acids is 2. The van der Waals surface area contributed by atoms with E-state index in [1.54, 1.807) is 0 Å². The van der Waals surface area contributed by atoms with Gasteiger partial charge >= 0.3 is 11.9 Å². The van der Waals surface area contributed by atoms with Gasteiger partial charge in [-0.15, -0.1) is 0 Å². The van der Waals surface area contributed by atoms with Crippen molar-refractivity contribution in [1.82, 2.24) is 9.80 Å². The highest BCUT2D eigenvalue weighted by atomic mass is 16.5. The van der Waals surface area contributed by atoms with Gasteiger partial charge in [-0.25, -0.2) is 9.59 Å². The summed E-state index contributed by atoms with van der Waals surface area (Å²) < 4.78 is 10.5. The largest absolute Gasteiger partial charge is 0.461 e. The highest BCUT2D eigenvalue weighted by molar-refractivity contribution is 5.89. The van der Waals surface area contributed by atoms with Crippen molar-refractivity contribution in [2.24, 2.45) is 0 Å². The lowest BCUT2D eigenvalue weighted by molar-refractivity contribution is 0.0472. The van der Waals surface area contributed by atoms with Gasteiger partial charge in [0.05, 0.1) is 11.1 Å². The monoisotopic (exact) mass is 426 g/mol. The van der Waals surface area contributed by atoms with Gasteiger partial charge in [-0.05, 0) is 82.8 Å². The Morgan fingerprint density at radius 2 is 1.00 bits per heavy atom. The van der Waals surface area contributed by atoms with Crippen LogP contribution in [0.15, 0.2) is 48.5 Å². The van der Waals surface area contributed by atoms with E-state index in [4.69, 9.17) is 9.47 Å². The van der Waals surface area contributed by atoms with Crippen LogP contribution in [-0.2, 0) is 22.3 Å². The van der Waals surface area contributed by atoms with E-state index in [1.807, 2.05) is 86.5 Å². The highest BCUT2D eigenvalue weighted by Gasteiger charge is 2.08. The van der Waals surface area contributed by atoms with Gasteiger partial charge in [0, 0.05) is 13.1 Å². The summed E-state index contributed by atoms with van der Waals surface area (Å²) in [7, 11) is 7.77. The van der Waals surface area contributed by atoms with Gasteiger partial charge < -0.3 is 19.3 Å². The van der Waals surface area contributed by atoms with Crippen molar-refractivity contribution in [1.29, 1.82) is 0 Å². The molecule has 0 aliphatic rings. The molecule has 0 bridgehead atoms. The molecular weight excluding hydrogens is 392 g/mol. The number of nitrogens with zero attached hydrogens (tertiary/aromatic N) is 2. The lowest BCUT2D eigenvalue weighted by Gasteiger charge is -2.10. The van der Waals surface area contributed by atoms with Gasteiger partial charge in [0.15, 0.2) is 0 Å². The molecule has 2 aromatic rings. The Morgan fingerprint density at radius 1 is 0.645 bits per heavy atom. The molecule has 168 valence electrons. The van der Waals surface area contributed by atoms with E-state index in [-0.39, 0.29) is 11.9 Å². The second-order valence-corrected chi connectivity index (χ2v) is 8.13. The summed E-state index contributed by atoms with van der Waals surface area (Å²) >= 11 is 0. The van der Waals surface area contributed by atoms with Gasteiger partial charge in [-0.2, -0.15) is 0 Å². The topological polar surface area (TPSA) is 59.1 Å². The lowest BCUT2D eigenvalue weighted by atomic mass is 10.0. The summed E-state index contributed by atoms with van der Waals surface area (Å²) in [6, 6.07) is 15.2. The number of likely N-dealkylation sites (N-methyl/N-ethyl adjacent to an activating group) is 2. The molecular formula is C25H34N2O4. The van der Waals surface area contributed by atoms with E-state index in [0.29, 0.717) is 37.4 Å². The molecule has 0 aliphatic heterocycles. The van der Waals surface area contributed by atoms with E-state index in [9.17, 15) is 9.59 Å². The summed E-state index contributed by atoms with van der Waals surface area (Å²) in [6.45, 7) is 2.20. The molecule has 2 rings (SSSR count). The van der Waals surface area contributed by atoms with Gasteiger partial charge in [-0.1, -0.05) is 24.3 Å². The first-order chi connectivity index (χ1) is 14.8. The SMILES string of the molecule is CN(C)CCOC(=O)c1ccc(CCCc2ccc(C(=O)OCCN(C)C)cc2)cc1. The minimum atomic E-state index is -0.284. The molecule has 6 heteroatoms. The molecule has 0 amide bonds. The highest BCUT2D eigenvalue weighted by Crippen LogP contribution is 2.12. The van der Waals surface area contributed by atoms with E-state index < -0.39 is 0 Å². The van der Waals surface area contributed by atoms with Crippen molar-refractivity contribution in [3.05, 3.63) is 70.8 Å². The van der Waals surface area contributed by atoms with E-state index in [2.05, 4.69) is 0 Å². The van der Waals surface area contributed by atoms with Crippen molar-refractivity contribution in [3.63, 3.8) is 0 Å². The number of hydrogen-bond donors (Lipinski definition) is 0. The van der Waals surface area contributed by atoms with Gasteiger partial charge in [0.1, 0.15) is 13.2 Å². The van der Waals surface area contributed by atoms with Crippen LogP contribution in [0.3, 0.4) is 0 Å². The maximum atomic E-state index is 12.0. The van der Waals surface area contributed by atoms with Crippen LogP contribution in [0.4, 0.5) is 0 Å². The van der Waals surface area contributed by atoms with Crippen LogP contribution in [0.2, 0.25) is 0 Å². The Morgan fingerprint density at radius 3 is 1.32 bits per heavy atom. The molecule has 0 fully saturated rings. The molecule has 0 spiro atoms. The number of rotatable bonds is 12. The predicted octanol–water partition coefficient (Wildman–Crippen LogP) is 3.30. The predicted molar refractivity (Wildman–Crippen MR) is 123 cm³/mol. The van der Waals surface area contributed by atoms with Crippen molar-refractivity contribution in [2.75, 3.05) is 54.5 Å². The van der Waals surface area contributed by atoms with Gasteiger partial charge in [0.25, 0.3) is 0 Å².